The highest BCUT2D eigenvalue weighted by atomic mass is 32.1. The highest BCUT2D eigenvalue weighted by molar-refractivity contribution is 7.11. The molecular weight excluding hydrogens is 240 g/mol. The van der Waals surface area contributed by atoms with Gasteiger partial charge in [-0.25, -0.2) is 4.98 Å². The minimum absolute atomic E-state index is 0.512. The minimum Gasteiger partial charge on any atom is -0.245 e. The quantitative estimate of drug-likeness (QED) is 0.834. The van der Waals surface area contributed by atoms with Crippen LogP contribution in [0.4, 0.5) is 0 Å². The van der Waals surface area contributed by atoms with Gasteiger partial charge in [0.15, 0.2) is 0 Å². The Balaban J connectivity index is 1.84. The highest BCUT2D eigenvalue weighted by Crippen LogP contribution is 2.43. The Morgan fingerprint density at radius 1 is 1.28 bits per heavy atom. The number of nitrogens with zero attached hydrogens (tertiary/aromatic N) is 2. The summed E-state index contributed by atoms with van der Waals surface area (Å²) in [6.45, 7) is 0. The molecule has 1 heterocycles. The largest absolute Gasteiger partial charge is 0.245 e. The predicted octanol–water partition coefficient (Wildman–Crippen LogP) is 3.68. The summed E-state index contributed by atoms with van der Waals surface area (Å²) < 4.78 is 0. The molecule has 0 unspecified atom stereocenters. The van der Waals surface area contributed by atoms with E-state index < -0.39 is 0 Å². The van der Waals surface area contributed by atoms with Gasteiger partial charge >= 0.3 is 0 Å². The van der Waals surface area contributed by atoms with E-state index in [9.17, 15) is 0 Å². The zero-order valence-corrected chi connectivity index (χ0v) is 10.9. The maximum Gasteiger partial charge on any atom is 0.0975 e. The van der Waals surface area contributed by atoms with Gasteiger partial charge in [0.1, 0.15) is 0 Å². The van der Waals surface area contributed by atoms with Gasteiger partial charge in [-0.05, 0) is 18.4 Å². The van der Waals surface area contributed by atoms with Gasteiger partial charge in [0.05, 0.1) is 23.2 Å². The number of benzene rings is 1. The van der Waals surface area contributed by atoms with Crippen molar-refractivity contribution in [2.45, 2.75) is 31.6 Å². The zero-order chi connectivity index (χ0) is 12.4. The van der Waals surface area contributed by atoms with Crippen LogP contribution in [0.2, 0.25) is 0 Å². The molecule has 3 rings (SSSR count). The SMILES string of the molecule is N#CCc1sc(Cc2ccccc2)nc1C1CC1. The van der Waals surface area contributed by atoms with Crippen LogP contribution >= 0.6 is 11.3 Å². The maximum absolute atomic E-state index is 8.87. The summed E-state index contributed by atoms with van der Waals surface area (Å²) >= 11 is 1.71. The molecule has 1 saturated carbocycles. The molecule has 0 radical (unpaired) electrons. The van der Waals surface area contributed by atoms with E-state index in [0.717, 1.165) is 11.4 Å². The van der Waals surface area contributed by atoms with Gasteiger partial charge in [0, 0.05) is 17.2 Å². The molecule has 2 nitrogen and oxygen atoms in total. The Labute approximate surface area is 111 Å². The van der Waals surface area contributed by atoms with E-state index in [4.69, 9.17) is 10.2 Å². The molecule has 1 aromatic heterocycles. The van der Waals surface area contributed by atoms with Crippen molar-refractivity contribution in [1.29, 1.82) is 5.26 Å². The van der Waals surface area contributed by atoms with E-state index in [-0.39, 0.29) is 0 Å². The summed E-state index contributed by atoms with van der Waals surface area (Å²) in [5.41, 5.74) is 2.49. The Kier molecular flexibility index (Phi) is 3.12. The Hall–Kier alpha value is -1.66. The van der Waals surface area contributed by atoms with E-state index in [1.807, 2.05) is 6.07 Å². The van der Waals surface area contributed by atoms with Crippen molar-refractivity contribution in [2.75, 3.05) is 0 Å². The van der Waals surface area contributed by atoms with Gasteiger partial charge < -0.3 is 0 Å². The Morgan fingerprint density at radius 2 is 2.06 bits per heavy atom. The van der Waals surface area contributed by atoms with Crippen LogP contribution < -0.4 is 0 Å². The molecule has 1 aromatic carbocycles. The molecule has 18 heavy (non-hydrogen) atoms. The first kappa shape index (κ1) is 11.4. The van der Waals surface area contributed by atoms with Crippen LogP contribution in [0.3, 0.4) is 0 Å². The predicted molar refractivity (Wildman–Crippen MR) is 72.7 cm³/mol. The lowest BCUT2D eigenvalue weighted by Gasteiger charge is -1.96. The molecule has 0 bridgehead atoms. The van der Waals surface area contributed by atoms with Gasteiger partial charge in [0.2, 0.25) is 0 Å². The van der Waals surface area contributed by atoms with Crippen LogP contribution in [0.15, 0.2) is 30.3 Å². The van der Waals surface area contributed by atoms with Crippen molar-refractivity contribution < 1.29 is 0 Å². The molecule has 0 N–H and O–H groups in total. The lowest BCUT2D eigenvalue weighted by Crippen LogP contribution is -1.89. The van der Waals surface area contributed by atoms with Gasteiger partial charge in [-0.15, -0.1) is 11.3 Å². The average Bonchev–Trinajstić information content (AvgIpc) is 3.15. The zero-order valence-electron chi connectivity index (χ0n) is 10.1. The number of hydrogen-bond donors (Lipinski definition) is 0. The first-order valence-corrected chi connectivity index (χ1v) is 7.08. The first-order chi connectivity index (χ1) is 8.86. The summed E-state index contributed by atoms with van der Waals surface area (Å²) in [4.78, 5) is 5.94. The van der Waals surface area contributed by atoms with E-state index in [1.165, 1.54) is 29.0 Å². The van der Waals surface area contributed by atoms with E-state index in [0.29, 0.717) is 12.3 Å². The first-order valence-electron chi connectivity index (χ1n) is 6.26. The molecule has 0 aliphatic heterocycles. The van der Waals surface area contributed by atoms with Gasteiger partial charge in [0.25, 0.3) is 0 Å². The van der Waals surface area contributed by atoms with Crippen LogP contribution in [0, 0.1) is 11.3 Å². The molecule has 1 aliphatic carbocycles. The van der Waals surface area contributed by atoms with Crippen LogP contribution in [0.1, 0.15) is 39.9 Å². The van der Waals surface area contributed by atoms with Crippen molar-refractivity contribution in [3.63, 3.8) is 0 Å². The van der Waals surface area contributed by atoms with Crippen LogP contribution in [-0.4, -0.2) is 4.98 Å². The fraction of sp³-hybridized carbons (Fsp3) is 0.333. The Bertz CT molecular complexity index is 576. The molecule has 90 valence electrons. The summed E-state index contributed by atoms with van der Waals surface area (Å²) in [5, 5.41) is 10.0. The van der Waals surface area contributed by atoms with Crippen LogP contribution in [-0.2, 0) is 12.8 Å². The smallest absolute Gasteiger partial charge is 0.0975 e. The molecular formula is C15H14N2S. The molecule has 1 aliphatic rings. The third-order valence-corrected chi connectivity index (χ3v) is 4.24. The van der Waals surface area contributed by atoms with Crippen molar-refractivity contribution >= 4 is 11.3 Å². The third kappa shape index (κ3) is 2.44. The monoisotopic (exact) mass is 254 g/mol. The molecule has 0 amide bonds. The fourth-order valence-corrected chi connectivity index (χ4v) is 3.26. The van der Waals surface area contributed by atoms with Crippen molar-refractivity contribution in [3.05, 3.63) is 51.5 Å². The summed E-state index contributed by atoms with van der Waals surface area (Å²) in [6.07, 6.45) is 3.88. The van der Waals surface area contributed by atoms with Crippen molar-refractivity contribution in [2.24, 2.45) is 0 Å². The van der Waals surface area contributed by atoms with E-state index >= 15 is 0 Å². The number of hydrogen-bond acceptors (Lipinski definition) is 3. The second kappa shape index (κ2) is 4.91. The van der Waals surface area contributed by atoms with Gasteiger partial charge in [-0.2, -0.15) is 5.26 Å². The highest BCUT2D eigenvalue weighted by Gasteiger charge is 2.29. The number of rotatable bonds is 4. The minimum atomic E-state index is 0.512. The second-order valence-corrected chi connectivity index (χ2v) is 5.86. The topological polar surface area (TPSA) is 36.7 Å². The van der Waals surface area contributed by atoms with E-state index in [2.05, 4.69) is 30.3 Å². The fourth-order valence-electron chi connectivity index (χ4n) is 2.13. The molecule has 2 aromatic rings. The molecule has 0 atom stereocenters. The lowest BCUT2D eigenvalue weighted by atomic mass is 10.1. The molecule has 3 heteroatoms. The second-order valence-electron chi connectivity index (χ2n) is 4.69. The van der Waals surface area contributed by atoms with Crippen LogP contribution in [0.25, 0.3) is 0 Å². The number of nitriles is 1. The van der Waals surface area contributed by atoms with Crippen LogP contribution in [0.5, 0.6) is 0 Å². The Morgan fingerprint density at radius 3 is 2.72 bits per heavy atom. The number of thiazole rings is 1. The lowest BCUT2D eigenvalue weighted by molar-refractivity contribution is 0.985. The van der Waals surface area contributed by atoms with Crippen molar-refractivity contribution in [1.82, 2.24) is 4.98 Å². The normalized spacial score (nSPS) is 14.4. The standard InChI is InChI=1S/C15H14N2S/c16-9-8-13-15(12-6-7-12)17-14(18-13)10-11-4-2-1-3-5-11/h1-5,12H,6-8,10H2. The van der Waals surface area contributed by atoms with Gasteiger partial charge in [-0.3, -0.25) is 0 Å². The summed E-state index contributed by atoms with van der Waals surface area (Å²) in [7, 11) is 0. The maximum atomic E-state index is 8.87. The molecule has 0 saturated heterocycles. The summed E-state index contributed by atoms with van der Waals surface area (Å²) in [5.74, 6) is 0.633. The number of aromatic nitrogens is 1. The third-order valence-electron chi connectivity index (χ3n) is 3.17. The van der Waals surface area contributed by atoms with Gasteiger partial charge in [-0.1, -0.05) is 30.3 Å². The van der Waals surface area contributed by atoms with Crippen molar-refractivity contribution in [3.8, 4) is 6.07 Å². The van der Waals surface area contributed by atoms with E-state index in [1.54, 1.807) is 11.3 Å². The average molecular weight is 254 g/mol. The molecule has 1 fully saturated rings. The summed E-state index contributed by atoms with van der Waals surface area (Å²) in [6, 6.07) is 12.7. The molecule has 0 spiro atoms.